The van der Waals surface area contributed by atoms with Crippen molar-refractivity contribution in [3.05, 3.63) is 59.2 Å². The summed E-state index contributed by atoms with van der Waals surface area (Å²) in [4.78, 5) is 14.7. The molecule has 0 bridgehead atoms. The van der Waals surface area contributed by atoms with Gasteiger partial charge in [0.1, 0.15) is 5.75 Å². The van der Waals surface area contributed by atoms with Crippen molar-refractivity contribution in [2.45, 2.75) is 18.4 Å². The van der Waals surface area contributed by atoms with Crippen molar-refractivity contribution in [3.63, 3.8) is 0 Å². The van der Waals surface area contributed by atoms with Gasteiger partial charge in [-0.05, 0) is 30.7 Å². The highest BCUT2D eigenvalue weighted by atomic mass is 32.2. The molecule has 8 heteroatoms. The van der Waals surface area contributed by atoms with Crippen molar-refractivity contribution in [2.24, 2.45) is 0 Å². The SMILES string of the molecule is COc1ccccc1CN(C)C(=O)c1ccc(C)c(S(=O)(=O)N2CCOCC2)c1. The molecule has 0 aromatic heterocycles. The monoisotopic (exact) mass is 418 g/mol. The van der Waals surface area contributed by atoms with E-state index in [-0.39, 0.29) is 10.8 Å². The fourth-order valence-electron chi connectivity index (χ4n) is 3.32. The summed E-state index contributed by atoms with van der Waals surface area (Å²) in [5.74, 6) is 0.445. The van der Waals surface area contributed by atoms with E-state index in [1.165, 1.54) is 10.4 Å². The van der Waals surface area contributed by atoms with E-state index in [1.54, 1.807) is 38.1 Å². The lowest BCUT2D eigenvalue weighted by Gasteiger charge is -2.27. The largest absolute Gasteiger partial charge is 0.496 e. The summed E-state index contributed by atoms with van der Waals surface area (Å²) in [6.45, 7) is 3.46. The summed E-state index contributed by atoms with van der Waals surface area (Å²) in [6, 6.07) is 12.3. The highest BCUT2D eigenvalue weighted by molar-refractivity contribution is 7.89. The van der Waals surface area contributed by atoms with Crippen LogP contribution in [0.2, 0.25) is 0 Å². The molecule has 7 nitrogen and oxygen atoms in total. The van der Waals surface area contributed by atoms with Crippen LogP contribution in [-0.4, -0.2) is 64.0 Å². The third kappa shape index (κ3) is 4.60. The zero-order chi connectivity index (χ0) is 21.0. The number of aryl methyl sites for hydroxylation is 1. The Balaban J connectivity index is 1.85. The van der Waals surface area contributed by atoms with Crippen LogP contribution >= 0.6 is 0 Å². The van der Waals surface area contributed by atoms with Gasteiger partial charge in [-0.25, -0.2) is 8.42 Å². The van der Waals surface area contributed by atoms with Crippen LogP contribution in [-0.2, 0) is 21.3 Å². The molecule has 156 valence electrons. The summed E-state index contributed by atoms with van der Waals surface area (Å²) in [5.41, 5.74) is 1.82. The first kappa shape index (κ1) is 21.3. The zero-order valence-electron chi connectivity index (χ0n) is 16.9. The Hall–Kier alpha value is -2.42. The van der Waals surface area contributed by atoms with E-state index >= 15 is 0 Å². The standard InChI is InChI=1S/C21H26N2O5S/c1-16-8-9-17(14-20(16)29(25,26)23-10-12-28-13-11-23)21(24)22(2)15-18-6-4-5-7-19(18)27-3/h4-9,14H,10-13,15H2,1-3H3. The zero-order valence-corrected chi connectivity index (χ0v) is 17.7. The van der Waals surface area contributed by atoms with Crippen LogP contribution in [0.25, 0.3) is 0 Å². The lowest BCUT2D eigenvalue weighted by molar-refractivity contribution is 0.0730. The molecule has 1 fully saturated rings. The fourth-order valence-corrected chi connectivity index (χ4v) is 4.98. The Morgan fingerprint density at radius 2 is 1.86 bits per heavy atom. The number of carbonyl (C=O) groups is 1. The smallest absolute Gasteiger partial charge is 0.253 e. The van der Waals surface area contributed by atoms with Gasteiger partial charge in [0.05, 0.1) is 25.2 Å². The number of hydrogen-bond donors (Lipinski definition) is 0. The molecule has 0 spiro atoms. The number of benzene rings is 2. The molecule has 0 unspecified atom stereocenters. The Morgan fingerprint density at radius 1 is 1.17 bits per heavy atom. The van der Waals surface area contributed by atoms with Gasteiger partial charge in [-0.1, -0.05) is 24.3 Å². The van der Waals surface area contributed by atoms with Gasteiger partial charge in [0.15, 0.2) is 0 Å². The summed E-state index contributed by atoms with van der Waals surface area (Å²) >= 11 is 0. The maximum atomic E-state index is 13.1. The number of rotatable bonds is 6. The van der Waals surface area contributed by atoms with Crippen molar-refractivity contribution < 1.29 is 22.7 Å². The van der Waals surface area contributed by atoms with Gasteiger partial charge < -0.3 is 14.4 Å². The van der Waals surface area contributed by atoms with Crippen LogP contribution in [0.4, 0.5) is 0 Å². The second-order valence-corrected chi connectivity index (χ2v) is 8.88. The highest BCUT2D eigenvalue weighted by Crippen LogP contribution is 2.24. The van der Waals surface area contributed by atoms with Crippen LogP contribution in [0.3, 0.4) is 0 Å². The van der Waals surface area contributed by atoms with Gasteiger partial charge in [0, 0.05) is 37.8 Å². The molecule has 0 radical (unpaired) electrons. The third-order valence-corrected chi connectivity index (χ3v) is 7.01. The van der Waals surface area contributed by atoms with Crippen LogP contribution in [0.5, 0.6) is 5.75 Å². The first-order chi connectivity index (χ1) is 13.8. The van der Waals surface area contributed by atoms with Crippen molar-refractivity contribution >= 4 is 15.9 Å². The van der Waals surface area contributed by atoms with Crippen molar-refractivity contribution in [2.75, 3.05) is 40.5 Å². The van der Waals surface area contributed by atoms with Crippen LogP contribution in [0.15, 0.2) is 47.4 Å². The molecule has 1 aliphatic rings. The minimum absolute atomic E-state index is 0.163. The van der Waals surface area contributed by atoms with Gasteiger partial charge in [-0.2, -0.15) is 4.31 Å². The number of nitrogens with zero attached hydrogens (tertiary/aromatic N) is 2. The van der Waals surface area contributed by atoms with Crippen LogP contribution < -0.4 is 4.74 Å². The highest BCUT2D eigenvalue weighted by Gasteiger charge is 2.28. The molecule has 0 aliphatic carbocycles. The normalized spacial score (nSPS) is 15.1. The van der Waals surface area contributed by atoms with E-state index in [4.69, 9.17) is 9.47 Å². The van der Waals surface area contributed by atoms with E-state index < -0.39 is 10.0 Å². The second kappa shape index (κ2) is 8.94. The Morgan fingerprint density at radius 3 is 2.55 bits per heavy atom. The number of amides is 1. The molecule has 1 heterocycles. The molecular weight excluding hydrogens is 392 g/mol. The molecule has 2 aromatic rings. The molecule has 3 rings (SSSR count). The molecule has 0 N–H and O–H groups in total. The molecule has 1 amide bonds. The number of hydrogen-bond acceptors (Lipinski definition) is 5. The van der Waals surface area contributed by atoms with E-state index in [0.29, 0.717) is 49.7 Å². The van der Waals surface area contributed by atoms with E-state index in [1.807, 2.05) is 24.3 Å². The van der Waals surface area contributed by atoms with Gasteiger partial charge in [0.2, 0.25) is 10.0 Å². The van der Waals surface area contributed by atoms with E-state index in [0.717, 1.165) is 5.56 Å². The summed E-state index contributed by atoms with van der Waals surface area (Å²) < 4.78 is 38.1. The average molecular weight is 419 g/mol. The minimum atomic E-state index is -3.68. The molecule has 0 atom stereocenters. The Labute approximate surface area is 171 Å². The number of sulfonamides is 1. The Bertz CT molecular complexity index is 984. The number of para-hydroxylation sites is 1. The quantitative estimate of drug-likeness (QED) is 0.720. The second-order valence-electron chi connectivity index (χ2n) is 6.97. The van der Waals surface area contributed by atoms with Crippen LogP contribution in [0, 0.1) is 6.92 Å². The first-order valence-corrected chi connectivity index (χ1v) is 10.8. The minimum Gasteiger partial charge on any atom is -0.496 e. The number of ether oxygens (including phenoxy) is 2. The average Bonchev–Trinajstić information content (AvgIpc) is 2.74. The fraction of sp³-hybridized carbons (Fsp3) is 0.381. The number of carbonyl (C=O) groups excluding carboxylic acids is 1. The Kier molecular flexibility index (Phi) is 6.56. The lowest BCUT2D eigenvalue weighted by Crippen LogP contribution is -2.41. The van der Waals surface area contributed by atoms with Gasteiger partial charge in [-0.3, -0.25) is 4.79 Å². The maximum absolute atomic E-state index is 13.1. The predicted octanol–water partition coefficient (Wildman–Crippen LogP) is 2.30. The number of methoxy groups -OCH3 is 1. The van der Waals surface area contributed by atoms with Crippen molar-refractivity contribution in [3.8, 4) is 5.75 Å². The van der Waals surface area contributed by atoms with E-state index in [2.05, 4.69) is 0 Å². The molecule has 0 saturated carbocycles. The molecule has 29 heavy (non-hydrogen) atoms. The van der Waals surface area contributed by atoms with Gasteiger partial charge >= 0.3 is 0 Å². The van der Waals surface area contributed by atoms with E-state index in [9.17, 15) is 13.2 Å². The number of morpholine rings is 1. The summed E-state index contributed by atoms with van der Waals surface area (Å²) in [5, 5.41) is 0. The summed E-state index contributed by atoms with van der Waals surface area (Å²) in [7, 11) is -0.409. The maximum Gasteiger partial charge on any atom is 0.253 e. The van der Waals surface area contributed by atoms with Crippen LogP contribution in [0.1, 0.15) is 21.5 Å². The van der Waals surface area contributed by atoms with Crippen molar-refractivity contribution in [1.82, 2.24) is 9.21 Å². The molecular formula is C21H26N2O5S. The molecule has 1 aliphatic heterocycles. The topological polar surface area (TPSA) is 76.2 Å². The lowest BCUT2D eigenvalue weighted by atomic mass is 10.1. The molecule has 1 saturated heterocycles. The third-order valence-electron chi connectivity index (χ3n) is 4.97. The van der Waals surface area contributed by atoms with Crippen molar-refractivity contribution in [1.29, 1.82) is 0 Å². The molecule has 2 aromatic carbocycles. The predicted molar refractivity (Wildman–Crippen MR) is 110 cm³/mol. The first-order valence-electron chi connectivity index (χ1n) is 9.40. The summed E-state index contributed by atoms with van der Waals surface area (Å²) in [6.07, 6.45) is 0. The van der Waals surface area contributed by atoms with Gasteiger partial charge in [-0.15, -0.1) is 0 Å². The van der Waals surface area contributed by atoms with Gasteiger partial charge in [0.25, 0.3) is 5.91 Å².